The summed E-state index contributed by atoms with van der Waals surface area (Å²) < 4.78 is 11.1. The van der Waals surface area contributed by atoms with E-state index in [4.69, 9.17) is 14.1 Å². The van der Waals surface area contributed by atoms with E-state index in [1.165, 1.54) is 14.0 Å². The van der Waals surface area contributed by atoms with Crippen molar-refractivity contribution >= 4 is 45.3 Å². The van der Waals surface area contributed by atoms with Crippen LogP contribution in [0.2, 0.25) is 0 Å². The van der Waals surface area contributed by atoms with E-state index in [0.717, 1.165) is 38.6 Å². The quantitative estimate of drug-likeness (QED) is 0.0801. The van der Waals surface area contributed by atoms with Gasteiger partial charge in [-0.3, -0.25) is 14.6 Å². The van der Waals surface area contributed by atoms with Crippen LogP contribution in [0.5, 0.6) is 0 Å². The molecule has 0 unspecified atom stereocenters. The average Bonchev–Trinajstić information content (AvgIpc) is 2.95. The van der Waals surface area contributed by atoms with Crippen molar-refractivity contribution in [1.29, 1.82) is 0 Å². The van der Waals surface area contributed by atoms with Gasteiger partial charge >= 0.3 is 5.97 Å². The van der Waals surface area contributed by atoms with Gasteiger partial charge in [-0.1, -0.05) is 18.2 Å². The number of fused-ring (bicyclic) bond motifs is 4. The molecule has 1 heterocycles. The third-order valence-corrected chi connectivity index (χ3v) is 6.91. The molecule has 0 saturated heterocycles. The predicted molar refractivity (Wildman–Crippen MR) is 157 cm³/mol. The number of benzene rings is 3. The van der Waals surface area contributed by atoms with E-state index in [1.807, 2.05) is 50.2 Å². The van der Waals surface area contributed by atoms with Gasteiger partial charge in [0, 0.05) is 42.9 Å². The Hall–Kier alpha value is -4.31. The van der Waals surface area contributed by atoms with Crippen molar-refractivity contribution in [1.82, 2.24) is 15.6 Å². The third kappa shape index (κ3) is 7.46. The highest BCUT2D eigenvalue weighted by molar-refractivity contribution is 6.08. The maximum absolute atomic E-state index is 12.5. The molecule has 0 aromatic heterocycles. The minimum Gasteiger partial charge on any atom is -0.467 e. The third-order valence-electron chi connectivity index (χ3n) is 6.91. The smallest absolute Gasteiger partial charge is 0.328 e. The molecule has 2 aliphatic rings. The molecule has 10 nitrogen and oxygen atoms in total. The second kappa shape index (κ2) is 13.8. The normalized spacial score (nSPS) is 12.5. The molecule has 1 atom stereocenters. The predicted octanol–water partition coefficient (Wildman–Crippen LogP) is 2.86. The fraction of sp³-hybridized carbons (Fsp3) is 0.387. The number of aryl methyl sites for hydroxylation is 1. The molecule has 4 rings (SSSR count). The van der Waals surface area contributed by atoms with Crippen LogP contribution in [0.25, 0.3) is 33.3 Å². The number of carbonyl (C=O) groups excluding carboxylic acids is 3. The lowest BCUT2D eigenvalue weighted by Crippen LogP contribution is -2.78. The van der Waals surface area contributed by atoms with Crippen molar-refractivity contribution < 1.29 is 28.9 Å². The highest BCUT2D eigenvalue weighted by Crippen LogP contribution is 2.32. The van der Waals surface area contributed by atoms with Crippen LogP contribution < -0.4 is 21.3 Å². The Morgan fingerprint density at radius 1 is 1.12 bits per heavy atom. The molecule has 216 valence electrons. The molecular formula is C31H38N5O5+. The number of esters is 1. The number of aromatic nitrogens is 1. The van der Waals surface area contributed by atoms with Crippen molar-refractivity contribution in [3.05, 3.63) is 53.4 Å². The monoisotopic (exact) mass is 560 g/mol. The summed E-state index contributed by atoms with van der Waals surface area (Å²) in [6, 6.07) is 13.4. The fourth-order valence-electron chi connectivity index (χ4n) is 4.92. The first-order valence-electron chi connectivity index (χ1n) is 14.0. The Labute approximate surface area is 238 Å². The maximum atomic E-state index is 12.5. The lowest BCUT2D eigenvalue weighted by molar-refractivity contribution is -0.568. The molecule has 2 aromatic carbocycles. The molecule has 0 fully saturated rings. The maximum Gasteiger partial charge on any atom is 0.328 e. The zero-order valence-corrected chi connectivity index (χ0v) is 24.1. The molecular weight excluding hydrogens is 522 g/mol. The van der Waals surface area contributed by atoms with Crippen molar-refractivity contribution in [3.8, 4) is 11.5 Å². The number of quaternary nitrogens is 1. The molecule has 0 saturated carbocycles. The van der Waals surface area contributed by atoms with Crippen molar-refractivity contribution in [3.63, 3.8) is 0 Å². The number of nitrogens with zero attached hydrogens (tertiary/aromatic N) is 2. The average molecular weight is 561 g/mol. The summed E-state index contributed by atoms with van der Waals surface area (Å²) in [5.41, 5.74) is 4.32. The Morgan fingerprint density at radius 2 is 1.90 bits per heavy atom. The lowest BCUT2D eigenvalue weighted by Gasteiger charge is -2.15. The standard InChI is InChI=1S/C31H37N5O5/c1-5-32-24-17-27-26(16-19(24)2)36-30-22-11-7-6-10-21(22)25(18-28(30)41-27)33-15-13-29(38)34-14-9-8-12-23(31(39)40-4)35-20(3)37/h6-7,10-11,16-18,23,33H,5,8-9,12-15H2,1-4H3,(H,34,38)(H,35,37)/p+1/t23-/m0/s1. The number of carbonyl (C=O) groups is 3. The summed E-state index contributed by atoms with van der Waals surface area (Å²) in [7, 11) is 1.29. The molecule has 1 aliphatic heterocycles. The van der Waals surface area contributed by atoms with Crippen LogP contribution in [-0.2, 0) is 19.1 Å². The Morgan fingerprint density at radius 3 is 2.63 bits per heavy atom. The van der Waals surface area contributed by atoms with Gasteiger partial charge in [0.05, 0.1) is 25.4 Å². The van der Waals surface area contributed by atoms with E-state index in [-0.39, 0.29) is 11.8 Å². The van der Waals surface area contributed by atoms with Crippen LogP contribution in [0.1, 0.15) is 45.1 Å². The zero-order chi connectivity index (χ0) is 29.4. The molecule has 4 N–H and O–H groups in total. The molecule has 0 radical (unpaired) electrons. The van der Waals surface area contributed by atoms with Gasteiger partial charge in [-0.15, -0.1) is 0 Å². The summed E-state index contributed by atoms with van der Waals surface area (Å²) in [6.07, 6.45) is 2.15. The van der Waals surface area contributed by atoms with Gasteiger partial charge in [0.1, 0.15) is 22.9 Å². The Kier molecular flexibility index (Phi) is 10.0. The van der Waals surface area contributed by atoms with E-state index in [9.17, 15) is 14.4 Å². The second-order valence-electron chi connectivity index (χ2n) is 10.0. The number of hydrogen-bond acceptors (Lipinski definition) is 7. The molecule has 1 aliphatic carbocycles. The Balaban J connectivity index is 1.39. The van der Waals surface area contributed by atoms with E-state index < -0.39 is 12.0 Å². The zero-order valence-electron chi connectivity index (χ0n) is 24.1. The molecule has 0 bridgehead atoms. The number of hydrogen-bond donors (Lipinski definition) is 3. The number of rotatable bonds is 12. The number of nitrogens with two attached hydrogens (primary N) is 1. The number of amides is 2. The largest absolute Gasteiger partial charge is 0.467 e. The topological polar surface area (TPSA) is 140 Å². The van der Waals surface area contributed by atoms with Crippen LogP contribution in [0.15, 0.2) is 51.9 Å². The highest BCUT2D eigenvalue weighted by Gasteiger charge is 2.20. The summed E-state index contributed by atoms with van der Waals surface area (Å²) in [5.74, 6) is -0.109. The lowest BCUT2D eigenvalue weighted by atomic mass is 10.1. The fourth-order valence-corrected chi connectivity index (χ4v) is 4.92. The van der Waals surface area contributed by atoms with Gasteiger partial charge in [-0.2, -0.15) is 0 Å². The summed E-state index contributed by atoms with van der Waals surface area (Å²) in [6.45, 7) is 7.15. The Bertz CT molecular complexity index is 1600. The van der Waals surface area contributed by atoms with Crippen LogP contribution in [0, 0.1) is 6.92 Å². The van der Waals surface area contributed by atoms with E-state index >= 15 is 0 Å². The highest BCUT2D eigenvalue weighted by atomic mass is 16.5. The van der Waals surface area contributed by atoms with Gasteiger partial charge in [0.2, 0.25) is 11.8 Å². The number of methoxy groups -OCH3 is 1. The minimum atomic E-state index is -0.669. The van der Waals surface area contributed by atoms with Gasteiger partial charge < -0.3 is 25.1 Å². The van der Waals surface area contributed by atoms with Crippen LogP contribution in [0.4, 0.5) is 5.69 Å². The number of unbranched alkanes of at least 4 members (excludes halogenated alkanes) is 1. The van der Waals surface area contributed by atoms with Gasteiger partial charge in [0.15, 0.2) is 11.3 Å². The van der Waals surface area contributed by atoms with Crippen LogP contribution in [0.3, 0.4) is 0 Å². The van der Waals surface area contributed by atoms with Crippen LogP contribution in [-0.4, -0.2) is 55.6 Å². The first-order chi connectivity index (χ1) is 19.8. The number of nitrogens with one attached hydrogen (secondary N) is 2. The summed E-state index contributed by atoms with van der Waals surface area (Å²) >= 11 is 0. The molecule has 2 amide bonds. The van der Waals surface area contributed by atoms with Crippen LogP contribution >= 0.6 is 0 Å². The molecule has 0 spiro atoms. The van der Waals surface area contributed by atoms with E-state index in [1.54, 1.807) is 0 Å². The number of ether oxygens (including phenoxy) is 1. The van der Waals surface area contributed by atoms with E-state index in [2.05, 4.69) is 27.0 Å². The summed E-state index contributed by atoms with van der Waals surface area (Å²) in [4.78, 5) is 45.1. The molecule has 2 aromatic rings. The SMILES string of the molecule is CCN=c1cc2oc3cc([NH2+]CCC(=O)NCCCC[C@H](NC(C)=O)C(=O)OC)c4ccccc4c3nc-2cc1C. The summed E-state index contributed by atoms with van der Waals surface area (Å²) in [5, 5.41) is 10.5. The second-order valence-corrected chi connectivity index (χ2v) is 10.0. The minimum absolute atomic E-state index is 0.0438. The van der Waals surface area contributed by atoms with Crippen molar-refractivity contribution in [2.24, 2.45) is 4.99 Å². The van der Waals surface area contributed by atoms with Gasteiger partial charge in [0.25, 0.3) is 0 Å². The molecule has 10 heteroatoms. The first kappa shape index (κ1) is 29.7. The van der Waals surface area contributed by atoms with Crippen molar-refractivity contribution in [2.45, 2.75) is 52.5 Å². The first-order valence-corrected chi connectivity index (χ1v) is 14.0. The van der Waals surface area contributed by atoms with Gasteiger partial charge in [-0.25, -0.2) is 9.78 Å². The van der Waals surface area contributed by atoms with E-state index in [0.29, 0.717) is 56.7 Å². The van der Waals surface area contributed by atoms with Crippen molar-refractivity contribution in [2.75, 3.05) is 26.7 Å². The van der Waals surface area contributed by atoms with Gasteiger partial charge in [-0.05, 0) is 50.8 Å². The molecule has 41 heavy (non-hydrogen) atoms.